The highest BCUT2D eigenvalue weighted by molar-refractivity contribution is 5.83. The number of carbonyl (C=O) groups is 1. The summed E-state index contributed by atoms with van der Waals surface area (Å²) in [6.07, 6.45) is 4.29. The number of carbonyl (C=O) groups excluding carboxylic acids is 1. The molecular weight excluding hydrogens is 252 g/mol. The maximum absolute atomic E-state index is 12.0. The summed E-state index contributed by atoms with van der Waals surface area (Å²) in [6.45, 7) is 3.06. The van der Waals surface area contributed by atoms with E-state index in [2.05, 4.69) is 17.1 Å². The summed E-state index contributed by atoms with van der Waals surface area (Å²) in [5.41, 5.74) is 2.41. The number of nitrogens with zero attached hydrogens (tertiary/aromatic N) is 1. The topological polar surface area (TPSA) is 56.3 Å². The van der Waals surface area contributed by atoms with Crippen molar-refractivity contribution in [2.75, 3.05) is 19.7 Å². The lowest BCUT2D eigenvalue weighted by molar-refractivity contribution is -0.131. The Balaban J connectivity index is 1.88. The molecule has 20 heavy (non-hydrogen) atoms. The molecule has 0 spiro atoms. The van der Waals surface area contributed by atoms with Crippen LogP contribution in [0.15, 0.2) is 30.5 Å². The van der Waals surface area contributed by atoms with E-state index in [9.17, 15) is 4.79 Å². The Morgan fingerprint density at radius 1 is 1.35 bits per heavy atom. The van der Waals surface area contributed by atoms with E-state index in [-0.39, 0.29) is 12.5 Å². The predicted octanol–water partition coefficient (Wildman–Crippen LogP) is 2.33. The molecule has 0 saturated heterocycles. The number of likely N-dealkylation sites (N-methyl/N-ethyl adjacent to an activating group) is 1. The third-order valence-electron chi connectivity index (χ3n) is 3.62. The molecule has 1 amide bonds. The molecule has 0 fully saturated rings. The van der Waals surface area contributed by atoms with Crippen LogP contribution in [0.5, 0.6) is 0 Å². The van der Waals surface area contributed by atoms with Gasteiger partial charge in [0.1, 0.15) is 0 Å². The van der Waals surface area contributed by atoms with Gasteiger partial charge in [-0.3, -0.25) is 4.79 Å². The fourth-order valence-electron chi connectivity index (χ4n) is 2.51. The number of fused-ring (bicyclic) bond motifs is 1. The number of aryl methyl sites for hydroxylation is 1. The van der Waals surface area contributed by atoms with Crippen LogP contribution in [-0.4, -0.2) is 40.6 Å². The van der Waals surface area contributed by atoms with Crippen molar-refractivity contribution < 1.29 is 9.90 Å². The fourth-order valence-corrected chi connectivity index (χ4v) is 2.51. The number of aromatic nitrogens is 1. The molecule has 1 aromatic heterocycles. The summed E-state index contributed by atoms with van der Waals surface area (Å²) in [5, 5.41) is 10.2. The van der Waals surface area contributed by atoms with Crippen molar-refractivity contribution in [3.63, 3.8) is 0 Å². The SMILES string of the molecule is CCN(CCO)C(=O)CCCc1c[nH]c2ccccc12. The molecule has 4 nitrogen and oxygen atoms in total. The molecule has 0 atom stereocenters. The molecule has 0 aliphatic heterocycles. The Morgan fingerprint density at radius 3 is 2.90 bits per heavy atom. The van der Waals surface area contributed by atoms with Crippen LogP contribution in [0.4, 0.5) is 0 Å². The number of hydrogen-bond donors (Lipinski definition) is 2. The van der Waals surface area contributed by atoms with Gasteiger partial charge in [-0.25, -0.2) is 0 Å². The molecule has 0 radical (unpaired) electrons. The lowest BCUT2D eigenvalue weighted by Gasteiger charge is -2.19. The third kappa shape index (κ3) is 3.39. The monoisotopic (exact) mass is 274 g/mol. The molecule has 4 heteroatoms. The molecule has 0 aliphatic rings. The van der Waals surface area contributed by atoms with Gasteiger partial charge in [-0.2, -0.15) is 0 Å². The van der Waals surface area contributed by atoms with E-state index in [0.29, 0.717) is 19.5 Å². The Morgan fingerprint density at radius 2 is 2.15 bits per heavy atom. The second-order valence-electron chi connectivity index (χ2n) is 4.91. The molecule has 2 N–H and O–H groups in total. The quantitative estimate of drug-likeness (QED) is 0.814. The van der Waals surface area contributed by atoms with Gasteiger partial charge in [-0.15, -0.1) is 0 Å². The second kappa shape index (κ2) is 7.10. The largest absolute Gasteiger partial charge is 0.395 e. The van der Waals surface area contributed by atoms with Crippen molar-refractivity contribution >= 4 is 16.8 Å². The average Bonchev–Trinajstić information content (AvgIpc) is 2.88. The molecule has 1 heterocycles. The minimum absolute atomic E-state index is 0.0298. The van der Waals surface area contributed by atoms with Crippen LogP contribution in [0.2, 0.25) is 0 Å². The number of aromatic amines is 1. The average molecular weight is 274 g/mol. The van der Waals surface area contributed by atoms with Gasteiger partial charge < -0.3 is 15.0 Å². The van der Waals surface area contributed by atoms with Crippen LogP contribution in [-0.2, 0) is 11.2 Å². The molecule has 0 bridgehead atoms. The number of para-hydroxylation sites is 1. The zero-order valence-corrected chi connectivity index (χ0v) is 11.9. The van der Waals surface area contributed by atoms with Crippen molar-refractivity contribution in [3.05, 3.63) is 36.0 Å². The number of H-pyrrole nitrogens is 1. The number of amides is 1. The fraction of sp³-hybridized carbons (Fsp3) is 0.438. The first-order chi connectivity index (χ1) is 9.76. The van der Waals surface area contributed by atoms with Gasteiger partial charge in [0, 0.05) is 36.6 Å². The van der Waals surface area contributed by atoms with Gasteiger partial charge in [0.25, 0.3) is 0 Å². The van der Waals surface area contributed by atoms with Crippen LogP contribution >= 0.6 is 0 Å². The highest BCUT2D eigenvalue weighted by atomic mass is 16.3. The molecule has 0 unspecified atom stereocenters. The zero-order chi connectivity index (χ0) is 14.4. The predicted molar refractivity (Wildman–Crippen MR) is 80.6 cm³/mol. The number of nitrogens with one attached hydrogen (secondary N) is 1. The Hall–Kier alpha value is -1.81. The standard InChI is InChI=1S/C16H22N2O2/c1-2-18(10-11-19)16(20)9-5-6-13-12-17-15-8-4-3-7-14(13)15/h3-4,7-8,12,17,19H,2,5-6,9-11H2,1H3. The Kier molecular flexibility index (Phi) is 5.18. The minimum atomic E-state index is 0.0298. The normalized spacial score (nSPS) is 10.9. The first-order valence-electron chi connectivity index (χ1n) is 7.20. The van der Waals surface area contributed by atoms with E-state index in [0.717, 1.165) is 18.4 Å². The molecule has 2 rings (SSSR count). The van der Waals surface area contributed by atoms with Crippen molar-refractivity contribution in [2.24, 2.45) is 0 Å². The number of aliphatic hydroxyl groups excluding tert-OH is 1. The van der Waals surface area contributed by atoms with Crippen molar-refractivity contribution in [1.82, 2.24) is 9.88 Å². The molecule has 0 saturated carbocycles. The Labute approximate surface area is 119 Å². The smallest absolute Gasteiger partial charge is 0.222 e. The highest BCUT2D eigenvalue weighted by Crippen LogP contribution is 2.19. The summed E-state index contributed by atoms with van der Waals surface area (Å²) in [5.74, 6) is 0.126. The van der Waals surface area contributed by atoms with Gasteiger partial charge in [-0.1, -0.05) is 18.2 Å². The van der Waals surface area contributed by atoms with Gasteiger partial charge in [-0.05, 0) is 31.4 Å². The lowest BCUT2D eigenvalue weighted by Crippen LogP contribution is -2.33. The van der Waals surface area contributed by atoms with Crippen LogP contribution in [0.25, 0.3) is 10.9 Å². The van der Waals surface area contributed by atoms with Gasteiger partial charge in [0.2, 0.25) is 5.91 Å². The Bertz CT molecular complexity index is 562. The summed E-state index contributed by atoms with van der Waals surface area (Å²) in [7, 11) is 0. The number of benzene rings is 1. The summed E-state index contributed by atoms with van der Waals surface area (Å²) in [6, 6.07) is 8.21. The zero-order valence-electron chi connectivity index (χ0n) is 11.9. The maximum Gasteiger partial charge on any atom is 0.222 e. The van der Waals surface area contributed by atoms with Crippen molar-refractivity contribution in [2.45, 2.75) is 26.2 Å². The third-order valence-corrected chi connectivity index (χ3v) is 3.62. The minimum Gasteiger partial charge on any atom is -0.395 e. The number of rotatable bonds is 7. The van der Waals surface area contributed by atoms with Crippen molar-refractivity contribution in [3.8, 4) is 0 Å². The summed E-state index contributed by atoms with van der Waals surface area (Å²) >= 11 is 0. The van der Waals surface area contributed by atoms with Gasteiger partial charge >= 0.3 is 0 Å². The summed E-state index contributed by atoms with van der Waals surface area (Å²) in [4.78, 5) is 16.9. The summed E-state index contributed by atoms with van der Waals surface area (Å²) < 4.78 is 0. The lowest BCUT2D eigenvalue weighted by atomic mass is 10.1. The number of hydrogen-bond acceptors (Lipinski definition) is 2. The van der Waals surface area contributed by atoms with E-state index >= 15 is 0 Å². The van der Waals surface area contributed by atoms with E-state index in [4.69, 9.17) is 5.11 Å². The van der Waals surface area contributed by atoms with Crippen LogP contribution in [0.3, 0.4) is 0 Å². The first-order valence-corrected chi connectivity index (χ1v) is 7.20. The molecule has 0 aliphatic carbocycles. The van der Waals surface area contributed by atoms with E-state index in [1.165, 1.54) is 10.9 Å². The molecule has 108 valence electrons. The molecule has 2 aromatic rings. The van der Waals surface area contributed by atoms with E-state index < -0.39 is 0 Å². The molecule has 1 aromatic carbocycles. The first kappa shape index (κ1) is 14.6. The van der Waals surface area contributed by atoms with Gasteiger partial charge in [0.15, 0.2) is 0 Å². The van der Waals surface area contributed by atoms with Crippen LogP contribution < -0.4 is 0 Å². The maximum atomic E-state index is 12.0. The van der Waals surface area contributed by atoms with Crippen LogP contribution in [0.1, 0.15) is 25.3 Å². The van der Waals surface area contributed by atoms with Gasteiger partial charge in [0.05, 0.1) is 6.61 Å². The second-order valence-corrected chi connectivity index (χ2v) is 4.91. The number of aliphatic hydroxyl groups is 1. The van der Waals surface area contributed by atoms with Crippen molar-refractivity contribution in [1.29, 1.82) is 0 Å². The van der Waals surface area contributed by atoms with Crippen LogP contribution in [0, 0.1) is 0 Å². The van der Waals surface area contributed by atoms with E-state index in [1.807, 2.05) is 25.3 Å². The highest BCUT2D eigenvalue weighted by Gasteiger charge is 2.11. The van der Waals surface area contributed by atoms with E-state index in [1.54, 1.807) is 4.90 Å². The molecular formula is C16H22N2O2.